The summed E-state index contributed by atoms with van der Waals surface area (Å²) in [5.74, 6) is 0. The van der Waals surface area contributed by atoms with Crippen molar-refractivity contribution in [3.05, 3.63) is 5.41 Å². The fourth-order valence-electron chi connectivity index (χ4n) is 5.54. The molecule has 0 saturated carbocycles. The highest BCUT2D eigenvalue weighted by molar-refractivity contribution is 7.78. The zero-order chi connectivity index (χ0) is 27.0. The lowest BCUT2D eigenvalue weighted by Crippen LogP contribution is -2.49. The first kappa shape index (κ1) is 37.9. The van der Waals surface area contributed by atoms with E-state index in [1.165, 1.54) is 190 Å². The first-order valence-corrected chi connectivity index (χ1v) is 16.9. The van der Waals surface area contributed by atoms with Gasteiger partial charge in [-0.15, -0.1) is 0 Å². The molecular weight excluding hydrogens is 456 g/mol. The molecule has 3 heteroatoms. The van der Waals surface area contributed by atoms with Gasteiger partial charge in [-0.05, 0) is 39.5 Å². The third-order valence-corrected chi connectivity index (χ3v) is 8.31. The topological polar surface area (TPSA) is 22.3 Å². The highest BCUT2D eigenvalue weighted by Gasteiger charge is 2.21. The lowest BCUT2D eigenvalue weighted by molar-refractivity contribution is -0.925. The molecule has 0 heterocycles. The van der Waals surface area contributed by atoms with Crippen molar-refractivity contribution in [3.63, 3.8) is 0 Å². The van der Waals surface area contributed by atoms with Crippen LogP contribution in [0.4, 0.5) is 0 Å². The standard InChI is InChI=1S/C32H68N.CNS/c1-5-9-11-13-15-17-19-21-23-25-27-29-31-33(7-3,8-4)32-30-28-26-24-22-20-18-16-14-12-10-6-2;2-1-3/h5-32H2,1-4H3;/q+1;-1. The molecule has 0 bridgehead atoms. The summed E-state index contributed by atoms with van der Waals surface area (Å²) in [4.78, 5) is 0. The lowest BCUT2D eigenvalue weighted by atomic mass is 10.0. The minimum atomic E-state index is 1.33. The fourth-order valence-corrected chi connectivity index (χ4v) is 5.54. The van der Waals surface area contributed by atoms with Crippen LogP contribution < -0.4 is 0 Å². The fraction of sp³-hybridized carbons (Fsp3) is 0.970. The van der Waals surface area contributed by atoms with Crippen LogP contribution in [0.5, 0.6) is 0 Å². The monoisotopic (exact) mass is 525 g/mol. The molecule has 0 fully saturated rings. The summed E-state index contributed by atoms with van der Waals surface area (Å²) in [6, 6.07) is 0. The van der Waals surface area contributed by atoms with Crippen molar-refractivity contribution in [2.24, 2.45) is 0 Å². The van der Waals surface area contributed by atoms with Gasteiger partial charge in [-0.1, -0.05) is 154 Å². The number of isothiocyanates is 1. The van der Waals surface area contributed by atoms with Crippen LogP contribution in [-0.4, -0.2) is 35.8 Å². The average Bonchev–Trinajstić information content (AvgIpc) is 2.89. The molecule has 0 spiro atoms. The van der Waals surface area contributed by atoms with Gasteiger partial charge in [-0.3, -0.25) is 0 Å². The predicted octanol–water partition coefficient (Wildman–Crippen LogP) is 11.9. The molecule has 2 nitrogen and oxygen atoms in total. The van der Waals surface area contributed by atoms with Gasteiger partial charge >= 0.3 is 0 Å². The summed E-state index contributed by atoms with van der Waals surface area (Å²) in [6.07, 6.45) is 35.1. The van der Waals surface area contributed by atoms with E-state index in [2.05, 4.69) is 39.9 Å². The highest BCUT2D eigenvalue weighted by atomic mass is 32.1. The summed E-state index contributed by atoms with van der Waals surface area (Å²) in [7, 11) is 0. The van der Waals surface area contributed by atoms with Crippen molar-refractivity contribution >= 4 is 17.4 Å². The van der Waals surface area contributed by atoms with Gasteiger partial charge in [0.25, 0.3) is 0 Å². The van der Waals surface area contributed by atoms with Gasteiger partial charge < -0.3 is 9.89 Å². The highest BCUT2D eigenvalue weighted by Crippen LogP contribution is 2.17. The van der Waals surface area contributed by atoms with Gasteiger partial charge in [-0.25, -0.2) is 0 Å². The van der Waals surface area contributed by atoms with E-state index < -0.39 is 0 Å². The molecule has 0 unspecified atom stereocenters. The molecule has 0 aromatic rings. The molecule has 216 valence electrons. The van der Waals surface area contributed by atoms with Crippen LogP contribution in [0, 0.1) is 0 Å². The van der Waals surface area contributed by atoms with E-state index in [1.54, 1.807) is 0 Å². The maximum atomic E-state index is 7.13. The number of quaternary nitrogens is 1. The summed E-state index contributed by atoms with van der Waals surface area (Å²) < 4.78 is 1.38. The third-order valence-electron chi connectivity index (χ3n) is 8.31. The Morgan fingerprint density at radius 2 is 0.611 bits per heavy atom. The number of hydrogen-bond donors (Lipinski definition) is 0. The summed E-state index contributed by atoms with van der Waals surface area (Å²) in [5, 5.41) is 8.47. The Kier molecular flexibility index (Phi) is 34.5. The van der Waals surface area contributed by atoms with E-state index in [9.17, 15) is 0 Å². The number of rotatable bonds is 28. The van der Waals surface area contributed by atoms with E-state index in [1.807, 2.05) is 0 Å². The van der Waals surface area contributed by atoms with Crippen LogP contribution in [0.15, 0.2) is 0 Å². The summed E-state index contributed by atoms with van der Waals surface area (Å²) in [6.45, 7) is 15.0. The minimum absolute atomic E-state index is 1.33. The van der Waals surface area contributed by atoms with E-state index in [0.717, 1.165) is 0 Å². The van der Waals surface area contributed by atoms with Gasteiger partial charge in [0.15, 0.2) is 0 Å². The van der Waals surface area contributed by atoms with Crippen LogP contribution >= 0.6 is 12.2 Å². The lowest BCUT2D eigenvalue weighted by Gasteiger charge is -2.37. The Hall–Kier alpha value is -0.240. The maximum absolute atomic E-state index is 7.13. The Bertz CT molecular complexity index is 397. The Morgan fingerprint density at radius 3 is 0.806 bits per heavy atom. The van der Waals surface area contributed by atoms with Gasteiger partial charge in [-0.2, -0.15) is 5.16 Å². The number of hydrogen-bond acceptors (Lipinski definition) is 1. The van der Waals surface area contributed by atoms with E-state index in [4.69, 9.17) is 5.41 Å². The van der Waals surface area contributed by atoms with Gasteiger partial charge in [0, 0.05) is 0 Å². The van der Waals surface area contributed by atoms with E-state index in [-0.39, 0.29) is 0 Å². The van der Waals surface area contributed by atoms with Crippen LogP contribution in [-0.2, 0) is 0 Å². The van der Waals surface area contributed by atoms with Crippen molar-refractivity contribution in [3.8, 4) is 0 Å². The normalized spacial score (nSPS) is 11.2. The Balaban J connectivity index is 0. The number of nitrogens with zero attached hydrogens (tertiary/aromatic N) is 2. The molecular formula is C33H68N2S. The number of thiocarbonyl (C=S) groups is 1. The number of unbranched alkanes of at least 4 members (excludes halogenated alkanes) is 22. The molecule has 0 amide bonds. The first-order valence-electron chi connectivity index (χ1n) is 16.5. The molecule has 0 aliphatic rings. The Morgan fingerprint density at radius 1 is 0.417 bits per heavy atom. The molecule has 0 rings (SSSR count). The molecule has 0 saturated heterocycles. The van der Waals surface area contributed by atoms with Crippen molar-refractivity contribution in [2.45, 2.75) is 182 Å². The molecule has 0 atom stereocenters. The van der Waals surface area contributed by atoms with Crippen molar-refractivity contribution in [2.75, 3.05) is 26.2 Å². The summed E-state index contributed by atoms with van der Waals surface area (Å²) in [5.41, 5.74) is 0. The van der Waals surface area contributed by atoms with E-state index >= 15 is 0 Å². The van der Waals surface area contributed by atoms with Crippen molar-refractivity contribution < 1.29 is 4.48 Å². The average molecular weight is 525 g/mol. The van der Waals surface area contributed by atoms with Gasteiger partial charge in [0.05, 0.1) is 26.2 Å². The predicted molar refractivity (Wildman–Crippen MR) is 169 cm³/mol. The van der Waals surface area contributed by atoms with Crippen LogP contribution in [0.2, 0.25) is 0 Å². The summed E-state index contributed by atoms with van der Waals surface area (Å²) >= 11 is 3.70. The molecule has 36 heavy (non-hydrogen) atoms. The molecule has 0 N–H and O–H groups in total. The maximum Gasteiger partial charge on any atom is 0.0786 e. The second kappa shape index (κ2) is 32.8. The van der Waals surface area contributed by atoms with Crippen LogP contribution in [0.1, 0.15) is 182 Å². The smallest absolute Gasteiger partial charge is 0.0786 e. The first-order chi connectivity index (χ1) is 17.7. The molecule has 0 aromatic carbocycles. The largest absolute Gasteiger partial charge is 0.753 e. The molecule has 0 aromatic heterocycles. The zero-order valence-electron chi connectivity index (χ0n) is 25.6. The molecule has 0 radical (unpaired) electrons. The van der Waals surface area contributed by atoms with Crippen molar-refractivity contribution in [1.82, 2.24) is 0 Å². The molecule has 0 aliphatic carbocycles. The quantitative estimate of drug-likeness (QED) is 0.0431. The SMILES string of the molecule is CCCCCCCCCCCCCC[N+](CC)(CC)CCCCCCCCCCCCCC.[N-]=C=S. The van der Waals surface area contributed by atoms with Crippen LogP contribution in [0.25, 0.3) is 5.41 Å². The second-order valence-corrected chi connectivity index (χ2v) is 11.5. The van der Waals surface area contributed by atoms with E-state index in [0.29, 0.717) is 0 Å². The zero-order valence-corrected chi connectivity index (χ0v) is 26.4. The Labute approximate surface area is 234 Å². The van der Waals surface area contributed by atoms with Gasteiger partial charge in [0.2, 0.25) is 0 Å². The van der Waals surface area contributed by atoms with Crippen LogP contribution in [0.3, 0.4) is 0 Å². The minimum Gasteiger partial charge on any atom is -0.753 e. The van der Waals surface area contributed by atoms with Gasteiger partial charge in [0.1, 0.15) is 0 Å². The third kappa shape index (κ3) is 28.3. The van der Waals surface area contributed by atoms with Crippen molar-refractivity contribution in [1.29, 1.82) is 0 Å². The second-order valence-electron chi connectivity index (χ2n) is 11.3. The molecule has 0 aliphatic heterocycles.